The molecule has 0 bridgehead atoms. The lowest BCUT2D eigenvalue weighted by atomic mass is 10.2. The molecular formula is C20H29N3O2. The Morgan fingerprint density at radius 2 is 0.920 bits per heavy atom. The van der Waals surface area contributed by atoms with Gasteiger partial charge in [-0.3, -0.25) is 0 Å². The molecule has 2 rings (SSSR count). The van der Waals surface area contributed by atoms with Crippen molar-refractivity contribution in [1.29, 1.82) is 0 Å². The number of methoxy groups -OCH3 is 2. The topological polar surface area (TPSA) is 54.5 Å². The molecule has 3 N–H and O–H groups in total. The van der Waals surface area contributed by atoms with E-state index in [1.807, 2.05) is 24.3 Å². The van der Waals surface area contributed by atoms with Crippen molar-refractivity contribution in [2.75, 3.05) is 40.4 Å². The van der Waals surface area contributed by atoms with E-state index in [1.54, 1.807) is 14.2 Å². The van der Waals surface area contributed by atoms with E-state index in [1.165, 1.54) is 11.1 Å². The molecule has 0 aliphatic rings. The average molecular weight is 343 g/mol. The van der Waals surface area contributed by atoms with E-state index in [2.05, 4.69) is 40.2 Å². The van der Waals surface area contributed by atoms with Crippen molar-refractivity contribution < 1.29 is 9.47 Å². The zero-order valence-corrected chi connectivity index (χ0v) is 15.2. The van der Waals surface area contributed by atoms with Crippen molar-refractivity contribution in [2.24, 2.45) is 0 Å². The number of hydrogen-bond acceptors (Lipinski definition) is 5. The van der Waals surface area contributed by atoms with Crippen LogP contribution in [-0.4, -0.2) is 40.4 Å². The molecular weight excluding hydrogens is 314 g/mol. The van der Waals surface area contributed by atoms with Crippen LogP contribution in [0.1, 0.15) is 11.1 Å². The van der Waals surface area contributed by atoms with Gasteiger partial charge in [-0.15, -0.1) is 0 Å². The number of hydrogen-bond donors (Lipinski definition) is 3. The smallest absolute Gasteiger partial charge is 0.118 e. The van der Waals surface area contributed by atoms with Gasteiger partial charge in [-0.25, -0.2) is 0 Å². The van der Waals surface area contributed by atoms with Crippen molar-refractivity contribution in [1.82, 2.24) is 16.0 Å². The maximum atomic E-state index is 5.16. The fraction of sp³-hybridized carbons (Fsp3) is 0.400. The third kappa shape index (κ3) is 7.56. The molecule has 5 nitrogen and oxygen atoms in total. The highest BCUT2D eigenvalue weighted by atomic mass is 16.5. The summed E-state index contributed by atoms with van der Waals surface area (Å²) in [6.45, 7) is 5.57. The molecule has 2 aromatic carbocycles. The van der Waals surface area contributed by atoms with E-state index >= 15 is 0 Å². The second-order valence-corrected chi connectivity index (χ2v) is 5.80. The number of ether oxygens (including phenoxy) is 2. The highest BCUT2D eigenvalue weighted by Gasteiger charge is 1.96. The predicted octanol–water partition coefficient (Wildman–Crippen LogP) is 2.17. The number of rotatable bonds is 12. The van der Waals surface area contributed by atoms with Gasteiger partial charge in [0, 0.05) is 39.3 Å². The third-order valence-electron chi connectivity index (χ3n) is 3.93. The van der Waals surface area contributed by atoms with Crippen LogP contribution < -0.4 is 25.4 Å². The Bertz CT molecular complexity index is 531. The predicted molar refractivity (Wildman–Crippen MR) is 102 cm³/mol. The van der Waals surface area contributed by atoms with Crippen LogP contribution in [0.4, 0.5) is 0 Å². The van der Waals surface area contributed by atoms with Crippen molar-refractivity contribution in [3.63, 3.8) is 0 Å². The zero-order chi connectivity index (χ0) is 17.7. The van der Waals surface area contributed by atoms with Gasteiger partial charge in [-0.05, 0) is 35.4 Å². The van der Waals surface area contributed by atoms with Crippen LogP contribution in [0.2, 0.25) is 0 Å². The summed E-state index contributed by atoms with van der Waals surface area (Å²) < 4.78 is 10.3. The first-order chi connectivity index (χ1) is 12.3. The highest BCUT2D eigenvalue weighted by molar-refractivity contribution is 5.27. The zero-order valence-electron chi connectivity index (χ0n) is 15.2. The van der Waals surface area contributed by atoms with Crippen LogP contribution in [0.5, 0.6) is 11.5 Å². The summed E-state index contributed by atoms with van der Waals surface area (Å²) in [6.07, 6.45) is 0. The van der Waals surface area contributed by atoms with E-state index < -0.39 is 0 Å². The minimum atomic E-state index is 0.876. The second-order valence-electron chi connectivity index (χ2n) is 5.80. The number of nitrogens with one attached hydrogen (secondary N) is 3. The lowest BCUT2D eigenvalue weighted by Gasteiger charge is -2.09. The molecule has 25 heavy (non-hydrogen) atoms. The van der Waals surface area contributed by atoms with E-state index in [9.17, 15) is 0 Å². The Morgan fingerprint density at radius 3 is 1.28 bits per heavy atom. The number of benzene rings is 2. The van der Waals surface area contributed by atoms with Gasteiger partial charge in [0.05, 0.1) is 14.2 Å². The second kappa shape index (κ2) is 11.5. The van der Waals surface area contributed by atoms with Crippen LogP contribution in [0.3, 0.4) is 0 Å². The van der Waals surface area contributed by atoms with Crippen LogP contribution in [-0.2, 0) is 13.1 Å². The molecule has 0 amide bonds. The van der Waals surface area contributed by atoms with Crippen LogP contribution in [0.15, 0.2) is 48.5 Å². The third-order valence-corrected chi connectivity index (χ3v) is 3.93. The average Bonchev–Trinajstić information content (AvgIpc) is 2.67. The van der Waals surface area contributed by atoms with Gasteiger partial charge in [-0.2, -0.15) is 0 Å². The summed E-state index contributed by atoms with van der Waals surface area (Å²) in [5, 5.41) is 10.3. The SMILES string of the molecule is COc1ccc(CNCCNCCNCc2ccc(OC)cc2)cc1. The fourth-order valence-corrected chi connectivity index (χ4v) is 2.43. The van der Waals surface area contributed by atoms with Crippen LogP contribution >= 0.6 is 0 Å². The Morgan fingerprint density at radius 1 is 0.560 bits per heavy atom. The standard InChI is InChI=1S/C20H29N3O2/c1-24-19-7-3-17(4-8-19)15-22-13-11-21-12-14-23-16-18-5-9-20(25-2)10-6-18/h3-10,21-23H,11-16H2,1-2H3. The lowest BCUT2D eigenvalue weighted by Crippen LogP contribution is -2.32. The fourth-order valence-electron chi connectivity index (χ4n) is 2.43. The minimum absolute atomic E-state index is 0.876. The summed E-state index contributed by atoms with van der Waals surface area (Å²) in [6, 6.07) is 16.3. The molecule has 0 atom stereocenters. The summed E-state index contributed by atoms with van der Waals surface area (Å²) in [4.78, 5) is 0. The molecule has 0 saturated heterocycles. The first-order valence-corrected chi connectivity index (χ1v) is 8.70. The van der Waals surface area contributed by atoms with Gasteiger partial charge in [-0.1, -0.05) is 24.3 Å². The first kappa shape index (κ1) is 19.2. The molecule has 0 saturated carbocycles. The summed E-state index contributed by atoms with van der Waals surface area (Å²) in [5.74, 6) is 1.79. The molecule has 136 valence electrons. The normalized spacial score (nSPS) is 10.6. The van der Waals surface area contributed by atoms with Crippen molar-refractivity contribution >= 4 is 0 Å². The van der Waals surface area contributed by atoms with Gasteiger partial charge in [0.1, 0.15) is 11.5 Å². The molecule has 0 aliphatic heterocycles. The lowest BCUT2D eigenvalue weighted by molar-refractivity contribution is 0.414. The van der Waals surface area contributed by atoms with Gasteiger partial charge >= 0.3 is 0 Å². The van der Waals surface area contributed by atoms with Crippen molar-refractivity contribution in [3.8, 4) is 11.5 Å². The quantitative estimate of drug-likeness (QED) is 0.516. The Balaban J connectivity index is 1.45. The van der Waals surface area contributed by atoms with Crippen molar-refractivity contribution in [2.45, 2.75) is 13.1 Å². The largest absolute Gasteiger partial charge is 0.497 e. The maximum Gasteiger partial charge on any atom is 0.118 e. The molecule has 0 aromatic heterocycles. The van der Waals surface area contributed by atoms with Gasteiger partial charge in [0.2, 0.25) is 0 Å². The van der Waals surface area contributed by atoms with E-state index in [4.69, 9.17) is 9.47 Å². The van der Waals surface area contributed by atoms with Crippen LogP contribution in [0, 0.1) is 0 Å². The molecule has 0 aliphatic carbocycles. The monoisotopic (exact) mass is 343 g/mol. The Labute approximate surface area is 150 Å². The molecule has 0 radical (unpaired) electrons. The van der Waals surface area contributed by atoms with Gasteiger partial charge in [0.15, 0.2) is 0 Å². The first-order valence-electron chi connectivity index (χ1n) is 8.70. The molecule has 2 aromatic rings. The Hall–Kier alpha value is -2.08. The van der Waals surface area contributed by atoms with Gasteiger partial charge in [0.25, 0.3) is 0 Å². The van der Waals surface area contributed by atoms with E-state index in [0.717, 1.165) is 50.8 Å². The summed E-state index contributed by atoms with van der Waals surface area (Å²) >= 11 is 0. The highest BCUT2D eigenvalue weighted by Crippen LogP contribution is 2.11. The molecule has 0 spiro atoms. The van der Waals surface area contributed by atoms with E-state index in [0.29, 0.717) is 0 Å². The molecule has 0 heterocycles. The van der Waals surface area contributed by atoms with Crippen molar-refractivity contribution in [3.05, 3.63) is 59.7 Å². The molecule has 0 fully saturated rings. The Kier molecular flexibility index (Phi) is 8.83. The summed E-state index contributed by atoms with van der Waals surface area (Å²) in [7, 11) is 3.37. The van der Waals surface area contributed by atoms with Crippen LogP contribution in [0.25, 0.3) is 0 Å². The molecule has 5 heteroatoms. The molecule has 0 unspecified atom stereocenters. The van der Waals surface area contributed by atoms with E-state index in [-0.39, 0.29) is 0 Å². The van der Waals surface area contributed by atoms with Gasteiger partial charge < -0.3 is 25.4 Å². The maximum absolute atomic E-state index is 5.16. The summed E-state index contributed by atoms with van der Waals surface area (Å²) in [5.41, 5.74) is 2.53. The minimum Gasteiger partial charge on any atom is -0.497 e.